The minimum absolute atomic E-state index is 0.0546. The molecule has 1 aromatic carbocycles. The minimum atomic E-state index is -1.57. The molecule has 0 bridgehead atoms. The number of halogens is 4. The van der Waals surface area contributed by atoms with Crippen LogP contribution in [0.2, 0.25) is 0 Å². The molecule has 1 aliphatic rings. The lowest BCUT2D eigenvalue weighted by molar-refractivity contribution is -0.136. The summed E-state index contributed by atoms with van der Waals surface area (Å²) in [5.74, 6) is -8.11. The summed E-state index contributed by atoms with van der Waals surface area (Å²) in [5, 5.41) is 13.0. The Morgan fingerprint density at radius 3 is 2.44 bits per heavy atom. The standard InChI is InChI=1S/C17H17F4N3O3/c1-27-17-15(20)13(18)11(14(19)16(17)21)8-23-4-5-24-10(7-23)6-9(22-24)2-3-12(25)26/h6H,2-5,7-8H2,1H3,(H,25,26). The van der Waals surface area contributed by atoms with Gasteiger partial charge in [-0.15, -0.1) is 0 Å². The zero-order valence-electron chi connectivity index (χ0n) is 14.4. The highest BCUT2D eigenvalue weighted by Gasteiger charge is 2.28. The number of hydrogen-bond acceptors (Lipinski definition) is 4. The number of fused-ring (bicyclic) bond motifs is 1. The first-order chi connectivity index (χ1) is 12.8. The van der Waals surface area contributed by atoms with E-state index < -0.39 is 40.6 Å². The minimum Gasteiger partial charge on any atom is -0.491 e. The Kier molecular flexibility index (Phi) is 5.36. The van der Waals surface area contributed by atoms with Gasteiger partial charge < -0.3 is 9.84 Å². The van der Waals surface area contributed by atoms with E-state index in [0.717, 1.165) is 12.8 Å². The van der Waals surface area contributed by atoms with Gasteiger partial charge in [0.15, 0.2) is 17.4 Å². The van der Waals surface area contributed by atoms with Gasteiger partial charge in [-0.1, -0.05) is 0 Å². The number of rotatable bonds is 6. The van der Waals surface area contributed by atoms with E-state index in [1.165, 1.54) is 0 Å². The Hall–Kier alpha value is -2.62. The smallest absolute Gasteiger partial charge is 0.303 e. The van der Waals surface area contributed by atoms with Gasteiger partial charge >= 0.3 is 5.97 Å². The maximum atomic E-state index is 14.2. The zero-order valence-corrected chi connectivity index (χ0v) is 14.4. The second kappa shape index (κ2) is 7.55. The highest BCUT2D eigenvalue weighted by atomic mass is 19.2. The second-order valence-corrected chi connectivity index (χ2v) is 6.22. The average molecular weight is 387 g/mol. The molecule has 0 unspecified atom stereocenters. The van der Waals surface area contributed by atoms with Gasteiger partial charge in [-0.2, -0.15) is 13.9 Å². The topological polar surface area (TPSA) is 67.6 Å². The van der Waals surface area contributed by atoms with Crippen LogP contribution in [0.4, 0.5) is 17.6 Å². The van der Waals surface area contributed by atoms with Crippen molar-refractivity contribution in [3.8, 4) is 5.75 Å². The van der Waals surface area contributed by atoms with Crippen molar-refractivity contribution in [3.05, 3.63) is 46.3 Å². The molecular weight excluding hydrogens is 370 g/mol. The summed E-state index contributed by atoms with van der Waals surface area (Å²) in [6.07, 6.45) is 0.217. The zero-order chi connectivity index (χ0) is 19.7. The summed E-state index contributed by atoms with van der Waals surface area (Å²) < 4.78 is 62.1. The number of methoxy groups -OCH3 is 1. The maximum absolute atomic E-state index is 14.2. The van der Waals surface area contributed by atoms with Crippen LogP contribution in [0.5, 0.6) is 5.75 Å². The number of ether oxygens (including phenoxy) is 1. The quantitative estimate of drug-likeness (QED) is 0.609. The number of aliphatic carboxylic acids is 1. The summed E-state index contributed by atoms with van der Waals surface area (Å²) in [5.41, 5.74) is 0.634. The molecule has 1 aromatic heterocycles. The highest BCUT2D eigenvalue weighted by molar-refractivity contribution is 5.66. The summed E-state index contributed by atoms with van der Waals surface area (Å²) >= 11 is 0. The van der Waals surface area contributed by atoms with E-state index in [0.29, 0.717) is 18.8 Å². The van der Waals surface area contributed by atoms with Gasteiger partial charge in [0, 0.05) is 31.6 Å². The van der Waals surface area contributed by atoms with Crippen LogP contribution in [-0.4, -0.2) is 39.4 Å². The molecule has 0 spiro atoms. The van der Waals surface area contributed by atoms with Gasteiger partial charge in [-0.05, 0) is 6.07 Å². The fourth-order valence-electron chi connectivity index (χ4n) is 3.07. The van der Waals surface area contributed by atoms with E-state index in [1.54, 1.807) is 15.6 Å². The van der Waals surface area contributed by atoms with Crippen LogP contribution in [0.25, 0.3) is 0 Å². The normalized spacial score (nSPS) is 14.3. The largest absolute Gasteiger partial charge is 0.491 e. The SMILES string of the molecule is COc1c(F)c(F)c(CN2CCn3nc(CCC(=O)O)cc3C2)c(F)c1F. The molecule has 0 aliphatic carbocycles. The van der Waals surface area contributed by atoms with Crippen molar-refractivity contribution in [2.24, 2.45) is 0 Å². The van der Waals surface area contributed by atoms with Crippen LogP contribution < -0.4 is 4.74 Å². The average Bonchev–Trinajstić information content (AvgIpc) is 3.04. The summed E-state index contributed by atoms with van der Waals surface area (Å²) in [7, 11) is 0.924. The van der Waals surface area contributed by atoms with Gasteiger partial charge in [0.05, 0.1) is 31.5 Å². The number of carbonyl (C=O) groups is 1. The van der Waals surface area contributed by atoms with Gasteiger partial charge in [0.25, 0.3) is 0 Å². The van der Waals surface area contributed by atoms with E-state index in [2.05, 4.69) is 9.84 Å². The van der Waals surface area contributed by atoms with Gasteiger partial charge in [-0.25, -0.2) is 8.78 Å². The molecule has 3 rings (SSSR count). The summed E-state index contributed by atoms with van der Waals surface area (Å²) in [6.45, 7) is 0.702. The second-order valence-electron chi connectivity index (χ2n) is 6.22. The molecule has 0 radical (unpaired) electrons. The third-order valence-corrected chi connectivity index (χ3v) is 4.42. The Morgan fingerprint density at radius 2 is 1.85 bits per heavy atom. The third-order valence-electron chi connectivity index (χ3n) is 4.42. The number of benzene rings is 1. The Bertz CT molecular complexity index is 856. The molecule has 0 saturated carbocycles. The van der Waals surface area contributed by atoms with Crippen molar-refractivity contribution in [2.75, 3.05) is 13.7 Å². The van der Waals surface area contributed by atoms with E-state index >= 15 is 0 Å². The molecule has 0 atom stereocenters. The van der Waals surface area contributed by atoms with Crippen LogP contribution in [0.1, 0.15) is 23.4 Å². The van der Waals surface area contributed by atoms with E-state index in [-0.39, 0.29) is 25.9 Å². The van der Waals surface area contributed by atoms with Gasteiger partial charge in [0.2, 0.25) is 11.6 Å². The van der Waals surface area contributed by atoms with Crippen molar-refractivity contribution in [2.45, 2.75) is 32.5 Å². The first-order valence-electron chi connectivity index (χ1n) is 8.20. The monoisotopic (exact) mass is 387 g/mol. The fourth-order valence-corrected chi connectivity index (χ4v) is 3.07. The lowest BCUT2D eigenvalue weighted by Gasteiger charge is -2.28. The number of nitrogens with zero attached hydrogens (tertiary/aromatic N) is 3. The van der Waals surface area contributed by atoms with E-state index in [9.17, 15) is 22.4 Å². The lowest BCUT2D eigenvalue weighted by Crippen LogP contribution is -2.34. The Balaban J connectivity index is 1.78. The summed E-state index contributed by atoms with van der Waals surface area (Å²) in [6, 6.07) is 1.72. The molecule has 10 heteroatoms. The molecule has 27 heavy (non-hydrogen) atoms. The molecule has 1 aliphatic heterocycles. The maximum Gasteiger partial charge on any atom is 0.303 e. The molecule has 0 fully saturated rings. The molecule has 2 heterocycles. The van der Waals surface area contributed by atoms with Crippen molar-refractivity contribution in [1.82, 2.24) is 14.7 Å². The van der Waals surface area contributed by atoms with Crippen LogP contribution in [0, 0.1) is 23.3 Å². The van der Waals surface area contributed by atoms with Crippen molar-refractivity contribution in [3.63, 3.8) is 0 Å². The molecular formula is C17H17F4N3O3. The Morgan fingerprint density at radius 1 is 1.19 bits per heavy atom. The molecule has 6 nitrogen and oxygen atoms in total. The van der Waals surface area contributed by atoms with Crippen molar-refractivity contribution < 1.29 is 32.2 Å². The third kappa shape index (κ3) is 3.75. The number of carboxylic acid groups (broad SMARTS) is 1. The predicted octanol–water partition coefficient (Wildman–Crippen LogP) is 2.48. The van der Waals surface area contributed by atoms with Crippen LogP contribution >= 0.6 is 0 Å². The Labute approximate surface area is 152 Å². The van der Waals surface area contributed by atoms with Crippen molar-refractivity contribution >= 4 is 5.97 Å². The predicted molar refractivity (Wildman–Crippen MR) is 85.1 cm³/mol. The van der Waals surface area contributed by atoms with E-state index in [4.69, 9.17) is 5.11 Å². The lowest BCUT2D eigenvalue weighted by atomic mass is 10.1. The van der Waals surface area contributed by atoms with Crippen LogP contribution in [-0.2, 0) is 30.8 Å². The molecule has 0 saturated heterocycles. The number of hydrogen-bond donors (Lipinski definition) is 1. The van der Waals surface area contributed by atoms with Crippen LogP contribution in [0.3, 0.4) is 0 Å². The number of carboxylic acids is 1. The first kappa shape index (κ1) is 19.2. The molecule has 146 valence electrons. The summed E-state index contributed by atoms with van der Waals surface area (Å²) in [4.78, 5) is 12.3. The number of aromatic nitrogens is 2. The van der Waals surface area contributed by atoms with Gasteiger partial charge in [0.1, 0.15) is 0 Å². The van der Waals surface area contributed by atoms with E-state index in [1.807, 2.05) is 0 Å². The van der Waals surface area contributed by atoms with Crippen molar-refractivity contribution in [1.29, 1.82) is 0 Å². The first-order valence-corrected chi connectivity index (χ1v) is 8.20. The molecule has 1 N–H and O–H groups in total. The molecule has 0 amide bonds. The molecule has 2 aromatic rings. The van der Waals surface area contributed by atoms with Gasteiger partial charge in [-0.3, -0.25) is 14.4 Å². The highest BCUT2D eigenvalue weighted by Crippen LogP contribution is 2.31. The number of aryl methyl sites for hydroxylation is 1. The fraction of sp³-hybridized carbons (Fsp3) is 0.412. The van der Waals surface area contributed by atoms with Crippen LogP contribution in [0.15, 0.2) is 6.07 Å².